The van der Waals surface area contributed by atoms with Crippen LogP contribution in [0.1, 0.15) is 0 Å². The van der Waals surface area contributed by atoms with Crippen molar-refractivity contribution in [2.45, 2.75) is 5.16 Å². The number of aromatic nitrogens is 4. The molecule has 0 atom stereocenters. The van der Waals surface area contributed by atoms with Gasteiger partial charge in [0.15, 0.2) is 0 Å². The first-order valence-corrected chi connectivity index (χ1v) is 7.83. The fraction of sp³-hybridized carbons (Fsp3) is 0.0625. The Labute approximate surface area is 125 Å². The fourth-order valence-corrected chi connectivity index (χ4v) is 2.85. The molecule has 0 saturated carbocycles. The summed E-state index contributed by atoms with van der Waals surface area (Å²) in [7, 11) is 0. The van der Waals surface area contributed by atoms with E-state index in [9.17, 15) is 0 Å². The Hall–Kier alpha value is -2.40. The minimum Gasteiger partial charge on any atom is -0.220 e. The van der Waals surface area contributed by atoms with Crippen LogP contribution in [0.25, 0.3) is 27.8 Å². The normalized spacial score (nSPS) is 11.3. The molecule has 4 aromatic rings. The predicted molar refractivity (Wildman–Crippen MR) is 85.5 cm³/mol. The lowest BCUT2D eigenvalue weighted by molar-refractivity contribution is 0.888. The standard InChI is InChI=1S/C16H12N4S/c1-21-16-18-15-17-10-9-14(20(15)19-16)13-8-4-6-11-5-2-3-7-12(11)13/h2-10H,1H3. The van der Waals surface area contributed by atoms with E-state index in [-0.39, 0.29) is 0 Å². The molecule has 0 unspecified atom stereocenters. The van der Waals surface area contributed by atoms with Crippen LogP contribution in [-0.2, 0) is 0 Å². The van der Waals surface area contributed by atoms with Gasteiger partial charge >= 0.3 is 0 Å². The molecule has 0 N–H and O–H groups in total. The molecule has 4 rings (SSSR count). The molecule has 0 aliphatic heterocycles. The lowest BCUT2D eigenvalue weighted by Crippen LogP contribution is -1.96. The Balaban J connectivity index is 2.06. The molecule has 0 aliphatic rings. The monoisotopic (exact) mass is 292 g/mol. The number of rotatable bonds is 2. The predicted octanol–water partition coefficient (Wildman–Crippen LogP) is 3.67. The first-order chi connectivity index (χ1) is 10.4. The van der Waals surface area contributed by atoms with E-state index >= 15 is 0 Å². The van der Waals surface area contributed by atoms with E-state index in [1.165, 1.54) is 22.5 Å². The van der Waals surface area contributed by atoms with Gasteiger partial charge in [-0.3, -0.25) is 0 Å². The van der Waals surface area contributed by atoms with Gasteiger partial charge in [-0.25, -0.2) is 4.98 Å². The van der Waals surface area contributed by atoms with Crippen LogP contribution in [0.2, 0.25) is 0 Å². The smallest absolute Gasteiger partial charge is 0.220 e. The Bertz CT molecular complexity index is 940. The first-order valence-electron chi connectivity index (χ1n) is 6.61. The maximum Gasteiger partial charge on any atom is 0.253 e. The summed E-state index contributed by atoms with van der Waals surface area (Å²) >= 11 is 1.52. The zero-order chi connectivity index (χ0) is 14.2. The van der Waals surface area contributed by atoms with Crippen LogP contribution in [-0.4, -0.2) is 25.8 Å². The average Bonchev–Trinajstić information content (AvgIpc) is 2.97. The molecule has 0 bridgehead atoms. The SMILES string of the molecule is CSc1nc2nccc(-c3cccc4ccccc34)n2n1. The van der Waals surface area contributed by atoms with Crippen molar-refractivity contribution in [3.63, 3.8) is 0 Å². The summed E-state index contributed by atoms with van der Waals surface area (Å²) in [5.74, 6) is 0.629. The van der Waals surface area contributed by atoms with Crippen LogP contribution in [0.4, 0.5) is 0 Å². The van der Waals surface area contributed by atoms with Gasteiger partial charge in [0.05, 0.1) is 5.69 Å². The molecule has 0 aliphatic carbocycles. The number of nitrogens with zero attached hydrogens (tertiary/aromatic N) is 4. The summed E-state index contributed by atoms with van der Waals surface area (Å²) in [5.41, 5.74) is 2.14. The molecule has 0 saturated heterocycles. The third-order valence-electron chi connectivity index (χ3n) is 3.47. The first kappa shape index (κ1) is 12.3. The van der Waals surface area contributed by atoms with Gasteiger partial charge in [0.25, 0.3) is 5.78 Å². The van der Waals surface area contributed by atoms with E-state index in [1.807, 2.05) is 16.8 Å². The zero-order valence-corrected chi connectivity index (χ0v) is 12.2. The molecule has 2 aromatic heterocycles. The van der Waals surface area contributed by atoms with Gasteiger partial charge in [0.2, 0.25) is 5.16 Å². The molecule has 0 radical (unpaired) electrons. The second-order valence-electron chi connectivity index (χ2n) is 4.67. The van der Waals surface area contributed by atoms with Gasteiger partial charge in [0.1, 0.15) is 0 Å². The number of hydrogen-bond acceptors (Lipinski definition) is 4. The quantitative estimate of drug-likeness (QED) is 0.529. The Morgan fingerprint density at radius 1 is 1.00 bits per heavy atom. The van der Waals surface area contributed by atoms with Crippen LogP contribution in [0.15, 0.2) is 59.9 Å². The highest BCUT2D eigenvalue weighted by Gasteiger charge is 2.11. The minimum atomic E-state index is 0.629. The average molecular weight is 292 g/mol. The second kappa shape index (κ2) is 4.86. The van der Waals surface area contributed by atoms with E-state index < -0.39 is 0 Å². The van der Waals surface area contributed by atoms with E-state index in [0.29, 0.717) is 5.78 Å². The van der Waals surface area contributed by atoms with Crippen molar-refractivity contribution >= 4 is 28.3 Å². The van der Waals surface area contributed by atoms with Crippen molar-refractivity contribution in [1.82, 2.24) is 19.6 Å². The van der Waals surface area contributed by atoms with E-state index in [1.54, 1.807) is 6.20 Å². The topological polar surface area (TPSA) is 43.1 Å². The van der Waals surface area contributed by atoms with Crippen molar-refractivity contribution < 1.29 is 0 Å². The van der Waals surface area contributed by atoms with Gasteiger partial charge in [-0.2, -0.15) is 9.50 Å². The summed E-state index contributed by atoms with van der Waals surface area (Å²) in [5, 5.41) is 7.67. The van der Waals surface area contributed by atoms with Crippen molar-refractivity contribution in [1.29, 1.82) is 0 Å². The van der Waals surface area contributed by atoms with Gasteiger partial charge in [-0.05, 0) is 23.1 Å². The van der Waals surface area contributed by atoms with Crippen molar-refractivity contribution in [3.05, 3.63) is 54.7 Å². The van der Waals surface area contributed by atoms with Gasteiger partial charge in [0, 0.05) is 11.8 Å². The largest absolute Gasteiger partial charge is 0.253 e. The number of hydrogen-bond donors (Lipinski definition) is 0. The van der Waals surface area contributed by atoms with Gasteiger partial charge in [-0.1, -0.05) is 54.2 Å². The molecule has 0 spiro atoms. The summed E-state index contributed by atoms with van der Waals surface area (Å²) in [4.78, 5) is 8.69. The number of thioether (sulfide) groups is 1. The van der Waals surface area contributed by atoms with Crippen LogP contribution >= 0.6 is 11.8 Å². The third kappa shape index (κ3) is 1.97. The molecule has 5 heteroatoms. The molecule has 2 aromatic carbocycles. The van der Waals surface area contributed by atoms with Gasteiger partial charge in [-0.15, -0.1) is 5.10 Å². The Kier molecular flexibility index (Phi) is 2.86. The molecule has 0 amide bonds. The highest BCUT2D eigenvalue weighted by molar-refractivity contribution is 7.98. The second-order valence-corrected chi connectivity index (χ2v) is 5.44. The summed E-state index contributed by atoms with van der Waals surface area (Å²) in [6.45, 7) is 0. The van der Waals surface area contributed by atoms with Crippen molar-refractivity contribution in [2.24, 2.45) is 0 Å². The highest BCUT2D eigenvalue weighted by Crippen LogP contribution is 2.28. The highest BCUT2D eigenvalue weighted by atomic mass is 32.2. The van der Waals surface area contributed by atoms with Crippen molar-refractivity contribution in [3.8, 4) is 11.3 Å². The Morgan fingerprint density at radius 3 is 2.76 bits per heavy atom. The summed E-state index contributed by atoms with van der Waals surface area (Å²) in [6, 6.07) is 16.6. The van der Waals surface area contributed by atoms with Crippen LogP contribution in [0, 0.1) is 0 Å². The fourth-order valence-electron chi connectivity index (χ4n) is 2.51. The van der Waals surface area contributed by atoms with Crippen molar-refractivity contribution in [2.75, 3.05) is 6.26 Å². The summed E-state index contributed by atoms with van der Waals surface area (Å²) < 4.78 is 1.81. The summed E-state index contributed by atoms with van der Waals surface area (Å²) in [6.07, 6.45) is 3.75. The maximum atomic E-state index is 4.52. The van der Waals surface area contributed by atoms with Crippen LogP contribution < -0.4 is 0 Å². The molecule has 102 valence electrons. The molecule has 2 heterocycles. The van der Waals surface area contributed by atoms with Gasteiger partial charge < -0.3 is 0 Å². The Morgan fingerprint density at radius 2 is 1.86 bits per heavy atom. The molecular formula is C16H12N4S. The van der Waals surface area contributed by atoms with E-state index in [0.717, 1.165) is 16.4 Å². The van der Waals surface area contributed by atoms with Crippen LogP contribution in [0.5, 0.6) is 0 Å². The minimum absolute atomic E-state index is 0.629. The molecule has 0 fully saturated rings. The van der Waals surface area contributed by atoms with E-state index in [2.05, 4.69) is 57.5 Å². The molecular weight excluding hydrogens is 280 g/mol. The molecule has 4 nitrogen and oxygen atoms in total. The zero-order valence-electron chi connectivity index (χ0n) is 11.4. The lowest BCUT2D eigenvalue weighted by atomic mass is 10.0. The maximum absolute atomic E-state index is 4.52. The number of fused-ring (bicyclic) bond motifs is 2. The number of benzene rings is 2. The van der Waals surface area contributed by atoms with Crippen LogP contribution in [0.3, 0.4) is 0 Å². The lowest BCUT2D eigenvalue weighted by Gasteiger charge is -2.07. The van der Waals surface area contributed by atoms with E-state index in [4.69, 9.17) is 0 Å². The molecule has 21 heavy (non-hydrogen) atoms. The third-order valence-corrected chi connectivity index (χ3v) is 4.01.